The van der Waals surface area contributed by atoms with E-state index in [1.165, 1.54) is 11.3 Å². The summed E-state index contributed by atoms with van der Waals surface area (Å²) >= 11 is 0. The van der Waals surface area contributed by atoms with Crippen molar-refractivity contribution in [3.63, 3.8) is 0 Å². The maximum Gasteiger partial charge on any atom is 0.225 e. The van der Waals surface area contributed by atoms with Crippen molar-refractivity contribution in [1.29, 1.82) is 0 Å². The van der Waals surface area contributed by atoms with E-state index in [1.54, 1.807) is 0 Å². The molecule has 1 heterocycles. The molecule has 1 aromatic rings. The van der Waals surface area contributed by atoms with Gasteiger partial charge in [-0.25, -0.2) is 0 Å². The van der Waals surface area contributed by atoms with E-state index in [0.29, 0.717) is 5.91 Å². The fourth-order valence-electron chi connectivity index (χ4n) is 4.26. The van der Waals surface area contributed by atoms with Gasteiger partial charge >= 0.3 is 0 Å². The van der Waals surface area contributed by atoms with Gasteiger partial charge in [0.1, 0.15) is 0 Å². The minimum Gasteiger partial charge on any atom is -0.368 e. The first-order valence-corrected chi connectivity index (χ1v) is 10.5. The number of benzene rings is 1. The van der Waals surface area contributed by atoms with Crippen molar-refractivity contribution in [3.8, 4) is 0 Å². The SMILES string of the molecule is CCCNC(=O)C1CCC(C(=O)N2CCN(c3cccc(C)c3)CC2)CC1. The van der Waals surface area contributed by atoms with Crippen LogP contribution < -0.4 is 10.2 Å². The highest BCUT2D eigenvalue weighted by Gasteiger charge is 2.33. The van der Waals surface area contributed by atoms with Gasteiger partial charge in [0.05, 0.1) is 0 Å². The minimum atomic E-state index is 0.0961. The lowest BCUT2D eigenvalue weighted by atomic mass is 9.81. The van der Waals surface area contributed by atoms with Gasteiger partial charge in [-0.1, -0.05) is 19.1 Å². The molecular formula is C22H33N3O2. The minimum absolute atomic E-state index is 0.0961. The maximum absolute atomic E-state index is 12.9. The fourth-order valence-corrected chi connectivity index (χ4v) is 4.26. The van der Waals surface area contributed by atoms with Gasteiger partial charge in [0.15, 0.2) is 0 Å². The van der Waals surface area contributed by atoms with E-state index < -0.39 is 0 Å². The molecular weight excluding hydrogens is 338 g/mol. The molecule has 2 fully saturated rings. The van der Waals surface area contributed by atoms with Crippen molar-refractivity contribution in [1.82, 2.24) is 10.2 Å². The molecule has 2 aliphatic rings. The predicted molar refractivity (Wildman–Crippen MR) is 109 cm³/mol. The van der Waals surface area contributed by atoms with Crippen LogP contribution in [-0.2, 0) is 9.59 Å². The number of carbonyl (C=O) groups is 2. The summed E-state index contributed by atoms with van der Waals surface area (Å²) in [6, 6.07) is 8.57. The standard InChI is InChI=1S/C22H33N3O2/c1-3-11-23-21(26)18-7-9-19(10-8-18)22(27)25-14-12-24(13-15-25)20-6-4-5-17(2)16-20/h4-6,16,18-19H,3,7-15H2,1-2H3,(H,23,26). The van der Waals surface area contributed by atoms with E-state index in [0.717, 1.165) is 64.8 Å². The van der Waals surface area contributed by atoms with Crippen molar-refractivity contribution in [2.45, 2.75) is 46.0 Å². The molecule has 1 N–H and O–H groups in total. The summed E-state index contributed by atoms with van der Waals surface area (Å²) in [5, 5.41) is 2.99. The van der Waals surface area contributed by atoms with Crippen LogP contribution in [0.5, 0.6) is 0 Å². The van der Waals surface area contributed by atoms with Crippen molar-refractivity contribution in [3.05, 3.63) is 29.8 Å². The van der Waals surface area contributed by atoms with Crippen LogP contribution in [0.15, 0.2) is 24.3 Å². The van der Waals surface area contributed by atoms with E-state index in [-0.39, 0.29) is 17.7 Å². The zero-order valence-corrected chi connectivity index (χ0v) is 16.7. The van der Waals surface area contributed by atoms with Crippen LogP contribution in [0.4, 0.5) is 5.69 Å². The smallest absolute Gasteiger partial charge is 0.225 e. The van der Waals surface area contributed by atoms with Gasteiger partial charge in [-0.05, 0) is 56.7 Å². The Hall–Kier alpha value is -2.04. The third-order valence-electron chi connectivity index (χ3n) is 5.95. The molecule has 1 aromatic carbocycles. The summed E-state index contributed by atoms with van der Waals surface area (Å²) in [7, 11) is 0. The number of aryl methyl sites for hydroxylation is 1. The molecule has 0 bridgehead atoms. The molecule has 1 saturated heterocycles. The monoisotopic (exact) mass is 371 g/mol. The first-order valence-electron chi connectivity index (χ1n) is 10.5. The average Bonchev–Trinajstić information content (AvgIpc) is 2.71. The van der Waals surface area contributed by atoms with Crippen LogP contribution >= 0.6 is 0 Å². The quantitative estimate of drug-likeness (QED) is 0.866. The van der Waals surface area contributed by atoms with Gasteiger partial charge in [0, 0.05) is 50.2 Å². The lowest BCUT2D eigenvalue weighted by molar-refractivity contribution is -0.138. The number of anilines is 1. The summed E-state index contributed by atoms with van der Waals surface area (Å²) in [6.45, 7) is 8.31. The Labute approximate surface area is 163 Å². The Kier molecular flexibility index (Phi) is 6.75. The number of amides is 2. The lowest BCUT2D eigenvalue weighted by Gasteiger charge is -2.38. The third-order valence-corrected chi connectivity index (χ3v) is 5.95. The van der Waals surface area contributed by atoms with E-state index in [4.69, 9.17) is 0 Å². The van der Waals surface area contributed by atoms with Crippen molar-refractivity contribution < 1.29 is 9.59 Å². The molecule has 148 valence electrons. The number of rotatable bonds is 5. The second-order valence-corrected chi connectivity index (χ2v) is 7.99. The molecule has 1 aliphatic carbocycles. The van der Waals surface area contributed by atoms with Gasteiger partial charge < -0.3 is 15.1 Å². The van der Waals surface area contributed by atoms with E-state index in [2.05, 4.69) is 48.3 Å². The fraction of sp³-hybridized carbons (Fsp3) is 0.636. The number of hydrogen-bond acceptors (Lipinski definition) is 3. The van der Waals surface area contributed by atoms with Crippen LogP contribution in [0, 0.1) is 18.8 Å². The second-order valence-electron chi connectivity index (χ2n) is 7.99. The van der Waals surface area contributed by atoms with Gasteiger partial charge in [-0.15, -0.1) is 0 Å². The molecule has 0 unspecified atom stereocenters. The van der Waals surface area contributed by atoms with Crippen LogP contribution in [0.25, 0.3) is 0 Å². The first kappa shape index (κ1) is 19.7. The summed E-state index contributed by atoms with van der Waals surface area (Å²) in [5.41, 5.74) is 2.52. The van der Waals surface area contributed by atoms with Crippen LogP contribution in [0.2, 0.25) is 0 Å². The number of nitrogens with one attached hydrogen (secondary N) is 1. The third kappa shape index (κ3) is 5.02. The molecule has 0 atom stereocenters. The Bertz CT molecular complexity index is 645. The molecule has 0 radical (unpaired) electrons. The molecule has 0 spiro atoms. The Morgan fingerprint density at radius 1 is 1.04 bits per heavy atom. The summed E-state index contributed by atoms with van der Waals surface area (Å²) in [6.07, 6.45) is 4.35. The Morgan fingerprint density at radius 3 is 2.33 bits per heavy atom. The molecule has 0 aromatic heterocycles. The highest BCUT2D eigenvalue weighted by molar-refractivity contribution is 5.81. The first-order chi connectivity index (χ1) is 13.1. The predicted octanol–water partition coefficient (Wildman–Crippen LogP) is 2.98. The second kappa shape index (κ2) is 9.25. The topological polar surface area (TPSA) is 52.7 Å². The molecule has 2 amide bonds. The highest BCUT2D eigenvalue weighted by Crippen LogP contribution is 2.30. The molecule has 1 saturated carbocycles. The molecule has 1 aliphatic heterocycles. The number of hydrogen-bond donors (Lipinski definition) is 1. The number of carbonyl (C=O) groups excluding carboxylic acids is 2. The van der Waals surface area contributed by atoms with Crippen LogP contribution in [0.3, 0.4) is 0 Å². The largest absolute Gasteiger partial charge is 0.368 e. The van der Waals surface area contributed by atoms with Crippen LogP contribution in [0.1, 0.15) is 44.6 Å². The van der Waals surface area contributed by atoms with Gasteiger partial charge in [-0.2, -0.15) is 0 Å². The van der Waals surface area contributed by atoms with Crippen molar-refractivity contribution in [2.75, 3.05) is 37.6 Å². The molecule has 3 rings (SSSR count). The van der Waals surface area contributed by atoms with E-state index in [1.807, 2.05) is 4.90 Å². The number of piperazine rings is 1. The van der Waals surface area contributed by atoms with Crippen molar-refractivity contribution in [2.24, 2.45) is 11.8 Å². The van der Waals surface area contributed by atoms with Gasteiger partial charge in [0.25, 0.3) is 0 Å². The average molecular weight is 372 g/mol. The highest BCUT2D eigenvalue weighted by atomic mass is 16.2. The van der Waals surface area contributed by atoms with E-state index >= 15 is 0 Å². The summed E-state index contributed by atoms with van der Waals surface area (Å²) in [4.78, 5) is 29.4. The summed E-state index contributed by atoms with van der Waals surface area (Å²) < 4.78 is 0. The zero-order valence-electron chi connectivity index (χ0n) is 16.7. The van der Waals surface area contributed by atoms with Gasteiger partial charge in [0.2, 0.25) is 11.8 Å². The van der Waals surface area contributed by atoms with Crippen molar-refractivity contribution >= 4 is 17.5 Å². The maximum atomic E-state index is 12.9. The normalized spacial score (nSPS) is 23.2. The number of nitrogens with zero attached hydrogens (tertiary/aromatic N) is 2. The molecule has 5 nitrogen and oxygen atoms in total. The lowest BCUT2D eigenvalue weighted by Crippen LogP contribution is -2.51. The molecule has 27 heavy (non-hydrogen) atoms. The van der Waals surface area contributed by atoms with Crippen LogP contribution in [-0.4, -0.2) is 49.4 Å². The zero-order chi connectivity index (χ0) is 19.2. The molecule has 5 heteroatoms. The summed E-state index contributed by atoms with van der Waals surface area (Å²) in [5.74, 6) is 0.672. The van der Waals surface area contributed by atoms with E-state index in [9.17, 15) is 9.59 Å². The Balaban J connectivity index is 1.45. The van der Waals surface area contributed by atoms with Gasteiger partial charge in [-0.3, -0.25) is 9.59 Å². The Morgan fingerprint density at radius 2 is 1.70 bits per heavy atom.